The van der Waals surface area contributed by atoms with Crippen molar-refractivity contribution in [2.24, 2.45) is 5.92 Å². The van der Waals surface area contributed by atoms with Crippen LogP contribution in [0.4, 0.5) is 18.0 Å². The van der Waals surface area contributed by atoms with Crippen molar-refractivity contribution in [3.05, 3.63) is 29.7 Å². The Morgan fingerprint density at radius 3 is 2.58 bits per heavy atom. The molecule has 0 bridgehead atoms. The van der Waals surface area contributed by atoms with Crippen LogP contribution in [0.15, 0.2) is 22.7 Å². The van der Waals surface area contributed by atoms with Gasteiger partial charge in [-0.25, -0.2) is 4.79 Å². The number of aromatic nitrogens is 2. The number of carbonyl (C=O) groups is 1. The summed E-state index contributed by atoms with van der Waals surface area (Å²) in [6.07, 6.45) is 1.74. The summed E-state index contributed by atoms with van der Waals surface area (Å²) in [4.78, 5) is 18.1. The number of ether oxygens (including phenoxy) is 2. The van der Waals surface area contributed by atoms with Crippen molar-refractivity contribution in [2.75, 3.05) is 13.2 Å². The van der Waals surface area contributed by atoms with E-state index < -0.39 is 35.6 Å². The average Bonchev–Trinajstić information content (AvgIpc) is 3.47. The quantitative estimate of drug-likeness (QED) is 0.399. The van der Waals surface area contributed by atoms with E-state index in [0.29, 0.717) is 12.3 Å². The predicted octanol–water partition coefficient (Wildman–Crippen LogP) is 6.54. The lowest BCUT2D eigenvalue weighted by atomic mass is 9.86. The Labute approximate surface area is 220 Å². The molecule has 8 nitrogen and oxygen atoms in total. The summed E-state index contributed by atoms with van der Waals surface area (Å²) in [5.74, 6) is 0.231. The predicted molar refractivity (Wildman–Crippen MR) is 132 cm³/mol. The summed E-state index contributed by atoms with van der Waals surface area (Å²) in [6, 6.07) is 2.69. The van der Waals surface area contributed by atoms with Gasteiger partial charge in [0.25, 0.3) is 5.89 Å². The summed E-state index contributed by atoms with van der Waals surface area (Å²) in [7, 11) is 0. The topological polar surface area (TPSA) is 97.9 Å². The van der Waals surface area contributed by atoms with E-state index in [1.54, 1.807) is 20.8 Å². The Hall–Kier alpha value is -2.82. The van der Waals surface area contributed by atoms with Gasteiger partial charge in [0.05, 0.1) is 18.3 Å². The highest BCUT2D eigenvalue weighted by Crippen LogP contribution is 2.39. The lowest BCUT2D eigenvalue weighted by Crippen LogP contribution is -2.38. The Morgan fingerprint density at radius 2 is 1.89 bits per heavy atom. The van der Waals surface area contributed by atoms with Crippen molar-refractivity contribution in [3.8, 4) is 17.1 Å². The Balaban J connectivity index is 1.47. The molecule has 1 amide bonds. The average molecular weight is 540 g/mol. The van der Waals surface area contributed by atoms with Crippen molar-refractivity contribution < 1.29 is 37.1 Å². The zero-order valence-electron chi connectivity index (χ0n) is 22.1. The molecule has 0 radical (unpaired) electrons. The molecule has 4 rings (SSSR count). The molecule has 0 unspecified atom stereocenters. The fourth-order valence-corrected chi connectivity index (χ4v) is 5.12. The smallest absolute Gasteiger partial charge is 0.419 e. The largest absolute Gasteiger partial charge is 0.493 e. The number of nitrogens with zero attached hydrogens (tertiary/aromatic N) is 3. The highest BCUT2D eigenvalue weighted by molar-refractivity contribution is 5.69. The summed E-state index contributed by atoms with van der Waals surface area (Å²) in [5.41, 5.74) is -1.59. The van der Waals surface area contributed by atoms with E-state index in [-0.39, 0.29) is 42.6 Å². The van der Waals surface area contributed by atoms with E-state index in [9.17, 15) is 23.1 Å². The summed E-state index contributed by atoms with van der Waals surface area (Å²) >= 11 is 0. The lowest BCUT2D eigenvalue weighted by molar-refractivity contribution is -0.138. The molecule has 2 aliphatic rings. The number of carbonyl (C=O) groups excluding carboxylic acids is 1. The molecule has 2 atom stereocenters. The number of hydrogen-bond acceptors (Lipinski definition) is 7. The molecule has 1 saturated carbocycles. The first-order valence-corrected chi connectivity index (χ1v) is 13.3. The third kappa shape index (κ3) is 6.98. The lowest BCUT2D eigenvalue weighted by Gasteiger charge is -2.27. The third-order valence-corrected chi connectivity index (χ3v) is 6.97. The number of aliphatic hydroxyl groups is 1. The molecule has 11 heteroatoms. The highest BCUT2D eigenvalue weighted by Gasteiger charge is 2.43. The molecule has 1 saturated heterocycles. The SMILES string of the molecule is CC(C)(C)OC(=O)N1CC[C@H](O)[C@H]1c1nc(-c2ccc(OCCCC3CCCCC3)c(C(F)(F)F)c2)no1. The van der Waals surface area contributed by atoms with Crippen LogP contribution in [0.2, 0.25) is 0 Å². The van der Waals surface area contributed by atoms with Gasteiger partial charge in [0.2, 0.25) is 5.82 Å². The van der Waals surface area contributed by atoms with Crippen molar-refractivity contribution in [1.29, 1.82) is 0 Å². The van der Waals surface area contributed by atoms with Gasteiger partial charge in [-0.3, -0.25) is 4.90 Å². The molecule has 1 aliphatic heterocycles. The monoisotopic (exact) mass is 539 g/mol. The molecule has 2 fully saturated rings. The van der Waals surface area contributed by atoms with Crippen LogP contribution >= 0.6 is 0 Å². The minimum atomic E-state index is -4.64. The van der Waals surface area contributed by atoms with Crippen LogP contribution in [0.5, 0.6) is 5.75 Å². The second-order valence-corrected chi connectivity index (χ2v) is 11.1. The van der Waals surface area contributed by atoms with E-state index in [1.807, 2.05) is 0 Å². The van der Waals surface area contributed by atoms with Crippen LogP contribution in [-0.4, -0.2) is 51.1 Å². The number of aliphatic hydroxyl groups excluding tert-OH is 1. The van der Waals surface area contributed by atoms with Gasteiger partial charge in [-0.1, -0.05) is 37.3 Å². The normalized spacial score (nSPS) is 21.1. The van der Waals surface area contributed by atoms with Crippen LogP contribution in [0.25, 0.3) is 11.4 Å². The first kappa shape index (κ1) is 28.2. The van der Waals surface area contributed by atoms with Crippen molar-refractivity contribution in [3.63, 3.8) is 0 Å². The number of hydrogen-bond donors (Lipinski definition) is 1. The number of halogens is 3. The minimum absolute atomic E-state index is 0.0764. The van der Waals surface area contributed by atoms with Gasteiger partial charge in [-0.15, -0.1) is 0 Å². The molecule has 210 valence electrons. The summed E-state index contributed by atoms with van der Waals surface area (Å²) in [6.45, 7) is 5.59. The summed E-state index contributed by atoms with van der Waals surface area (Å²) < 4.78 is 57.9. The molecule has 0 spiro atoms. The zero-order chi connectivity index (χ0) is 27.5. The Bertz CT molecular complexity index is 1090. The minimum Gasteiger partial charge on any atom is -0.493 e. The van der Waals surface area contributed by atoms with E-state index in [2.05, 4.69) is 10.1 Å². The van der Waals surface area contributed by atoms with Gasteiger partial charge in [0.15, 0.2) is 0 Å². The van der Waals surface area contributed by atoms with Gasteiger partial charge in [-0.2, -0.15) is 18.2 Å². The molecular weight excluding hydrogens is 503 g/mol. The Kier molecular flexibility index (Phi) is 8.54. The van der Waals surface area contributed by atoms with Gasteiger partial charge >= 0.3 is 12.3 Å². The first-order chi connectivity index (χ1) is 17.9. The van der Waals surface area contributed by atoms with E-state index >= 15 is 0 Å². The fraction of sp³-hybridized carbons (Fsp3) is 0.667. The molecule has 1 aromatic heterocycles. The molecule has 1 aliphatic carbocycles. The summed E-state index contributed by atoms with van der Waals surface area (Å²) in [5, 5.41) is 14.3. The maximum atomic E-state index is 13.9. The Morgan fingerprint density at radius 1 is 1.16 bits per heavy atom. The molecule has 1 N–H and O–H groups in total. The number of alkyl halides is 3. The number of rotatable bonds is 7. The van der Waals surface area contributed by atoms with Crippen LogP contribution in [0, 0.1) is 5.92 Å². The maximum Gasteiger partial charge on any atom is 0.419 e. The fourth-order valence-electron chi connectivity index (χ4n) is 5.12. The van der Waals surface area contributed by atoms with Gasteiger partial charge in [0, 0.05) is 12.1 Å². The maximum absolute atomic E-state index is 13.9. The molecular formula is C27H36F3N3O5. The second-order valence-electron chi connectivity index (χ2n) is 11.1. The standard InChI is InChI=1S/C27H36F3N3O5/c1-26(2,3)37-25(35)33-14-13-20(34)22(33)24-31-23(32-38-24)18-11-12-21(19(16-18)27(28,29)30)36-15-7-10-17-8-5-4-6-9-17/h11-12,16-17,20,22,34H,4-10,13-15H2,1-3H3/t20-,22-/m0/s1. The number of likely N-dealkylation sites (tertiary alicyclic amines) is 1. The van der Waals surface area contributed by atoms with Gasteiger partial charge < -0.3 is 19.1 Å². The second kappa shape index (κ2) is 11.5. The molecule has 2 heterocycles. The van der Waals surface area contributed by atoms with Crippen molar-refractivity contribution >= 4 is 6.09 Å². The molecule has 2 aromatic rings. The van der Waals surface area contributed by atoms with E-state index in [1.165, 1.54) is 49.1 Å². The number of amides is 1. The van der Waals surface area contributed by atoms with Crippen molar-refractivity contribution in [2.45, 2.75) is 96.1 Å². The highest BCUT2D eigenvalue weighted by atomic mass is 19.4. The van der Waals surface area contributed by atoms with Crippen molar-refractivity contribution in [1.82, 2.24) is 15.0 Å². The molecule has 1 aromatic carbocycles. The van der Waals surface area contributed by atoms with Crippen LogP contribution in [0.1, 0.15) is 89.6 Å². The third-order valence-electron chi connectivity index (χ3n) is 6.97. The van der Waals surface area contributed by atoms with Crippen LogP contribution < -0.4 is 4.74 Å². The van der Waals surface area contributed by atoms with E-state index in [0.717, 1.165) is 12.5 Å². The van der Waals surface area contributed by atoms with Gasteiger partial charge in [-0.05, 0) is 64.2 Å². The molecule has 38 heavy (non-hydrogen) atoms. The van der Waals surface area contributed by atoms with E-state index in [4.69, 9.17) is 14.0 Å². The van der Waals surface area contributed by atoms with Crippen LogP contribution in [0.3, 0.4) is 0 Å². The van der Waals surface area contributed by atoms with Crippen LogP contribution in [-0.2, 0) is 10.9 Å². The zero-order valence-corrected chi connectivity index (χ0v) is 22.1. The number of benzene rings is 1. The van der Waals surface area contributed by atoms with Gasteiger partial charge in [0.1, 0.15) is 17.4 Å². The first-order valence-electron chi connectivity index (χ1n) is 13.3.